The van der Waals surface area contributed by atoms with Crippen LogP contribution in [0.25, 0.3) is 41.8 Å². The predicted octanol–water partition coefficient (Wildman–Crippen LogP) is 9.16. The molecular weight excluding hydrogens is 750 g/mol. The summed E-state index contributed by atoms with van der Waals surface area (Å²) in [5, 5.41) is 2.48. The van der Waals surface area contributed by atoms with Crippen LogP contribution in [0.15, 0.2) is 85.2 Å². The maximum atomic E-state index is 6.48. The van der Waals surface area contributed by atoms with E-state index >= 15 is 0 Å². The molecular formula is C36H32N2OPtSe. The van der Waals surface area contributed by atoms with Gasteiger partial charge in [-0.2, -0.15) is 0 Å². The summed E-state index contributed by atoms with van der Waals surface area (Å²) in [6, 6.07) is 32.3. The molecule has 0 unspecified atom stereocenters. The van der Waals surface area contributed by atoms with Gasteiger partial charge in [-0.3, -0.25) is 0 Å². The number of fused-ring (bicyclic) bond motifs is 3. The number of rotatable bonds is 4. The summed E-state index contributed by atoms with van der Waals surface area (Å²) in [6.07, 6.45) is 3.78. The van der Waals surface area contributed by atoms with Crippen molar-refractivity contribution >= 4 is 33.8 Å². The number of pyridine rings is 2. The SMILES string of the molecule is CC(C)(C)c1ccnc(-c2[c-]c(Oc3[c-]c(-c4cc(C(C)(C)C)ccn4)c4[se]c5ccccc5c4c3)ccc2)c1.[Pt+2]. The first-order valence-electron chi connectivity index (χ1n) is 13.6. The van der Waals surface area contributed by atoms with Gasteiger partial charge in [0.2, 0.25) is 0 Å². The van der Waals surface area contributed by atoms with Gasteiger partial charge in [0.1, 0.15) is 0 Å². The number of benzene rings is 3. The van der Waals surface area contributed by atoms with Gasteiger partial charge in [-0.1, -0.05) is 20.8 Å². The van der Waals surface area contributed by atoms with Crippen molar-refractivity contribution in [2.45, 2.75) is 52.4 Å². The van der Waals surface area contributed by atoms with E-state index in [-0.39, 0.29) is 46.4 Å². The topological polar surface area (TPSA) is 35.0 Å². The van der Waals surface area contributed by atoms with E-state index in [0.717, 1.165) is 22.5 Å². The fourth-order valence-electron chi connectivity index (χ4n) is 4.83. The van der Waals surface area contributed by atoms with Crippen LogP contribution in [0.2, 0.25) is 0 Å². The molecule has 41 heavy (non-hydrogen) atoms. The first-order chi connectivity index (χ1) is 19.1. The van der Waals surface area contributed by atoms with Crippen LogP contribution in [-0.2, 0) is 31.9 Å². The van der Waals surface area contributed by atoms with Crippen molar-refractivity contribution in [3.8, 4) is 34.0 Å². The zero-order chi connectivity index (χ0) is 28.1. The molecule has 6 aromatic rings. The Bertz CT molecular complexity index is 1860. The molecule has 0 radical (unpaired) electrons. The zero-order valence-corrected chi connectivity index (χ0v) is 28.1. The zero-order valence-electron chi connectivity index (χ0n) is 24.1. The summed E-state index contributed by atoms with van der Waals surface area (Å²) in [6.45, 7) is 13.3. The molecule has 0 bridgehead atoms. The van der Waals surface area contributed by atoms with Crippen LogP contribution in [0.3, 0.4) is 0 Å². The second kappa shape index (κ2) is 11.3. The molecule has 0 aliphatic carbocycles. The molecule has 0 fully saturated rings. The molecule has 0 saturated heterocycles. The summed E-state index contributed by atoms with van der Waals surface area (Å²) in [7, 11) is 0. The van der Waals surface area contributed by atoms with Gasteiger partial charge in [0, 0.05) is 0 Å². The number of ether oxygens (including phenoxy) is 1. The smallest absolute Gasteiger partial charge is 2.00 e. The van der Waals surface area contributed by atoms with E-state index in [1.165, 1.54) is 30.4 Å². The van der Waals surface area contributed by atoms with Gasteiger partial charge in [0.15, 0.2) is 0 Å². The number of hydrogen-bond acceptors (Lipinski definition) is 3. The van der Waals surface area contributed by atoms with Crippen LogP contribution >= 0.6 is 0 Å². The maximum absolute atomic E-state index is 6.48. The Morgan fingerprint density at radius 1 is 0.659 bits per heavy atom. The molecule has 0 atom stereocenters. The molecule has 208 valence electrons. The van der Waals surface area contributed by atoms with E-state index in [9.17, 15) is 0 Å². The van der Waals surface area contributed by atoms with Crippen molar-refractivity contribution in [1.29, 1.82) is 0 Å². The Hall–Kier alpha value is -3.03. The Morgan fingerprint density at radius 3 is 2.02 bits per heavy atom. The van der Waals surface area contributed by atoms with Gasteiger partial charge >= 0.3 is 244 Å². The third-order valence-corrected chi connectivity index (χ3v) is 9.68. The molecule has 0 N–H and O–H groups in total. The number of nitrogens with zero attached hydrogens (tertiary/aromatic N) is 2. The minimum Gasteiger partial charge on any atom is 2.00 e. The third kappa shape index (κ3) is 6.12. The summed E-state index contributed by atoms with van der Waals surface area (Å²) in [5.74, 6) is 1.30. The van der Waals surface area contributed by atoms with Crippen LogP contribution in [0.5, 0.6) is 11.5 Å². The van der Waals surface area contributed by atoms with Gasteiger partial charge in [-0.15, -0.1) is 0 Å². The standard InChI is InChI=1S/C36H32N2OSe.Pt/c1-35(2,3)24-14-16-37-31(19-24)23-10-9-11-26(18-23)39-27-21-29-28-12-7-8-13-33(28)40-34(29)30(22-27)32-20-25(15-17-38-32)36(4,5)6;/h7-17,19-21H,1-6H3;/q-2;+2. The first-order valence-corrected chi connectivity index (χ1v) is 15.3. The van der Waals surface area contributed by atoms with E-state index in [2.05, 4.69) is 113 Å². The molecule has 0 saturated carbocycles. The normalized spacial score (nSPS) is 12.0. The average molecular weight is 783 g/mol. The van der Waals surface area contributed by atoms with Crippen molar-refractivity contribution < 1.29 is 25.8 Å². The van der Waals surface area contributed by atoms with Crippen molar-refractivity contribution in [2.24, 2.45) is 0 Å². The fraction of sp³-hybridized carbons (Fsp3) is 0.222. The quantitative estimate of drug-likeness (QED) is 0.132. The molecule has 5 heteroatoms. The molecule has 0 aliphatic heterocycles. The van der Waals surface area contributed by atoms with Gasteiger partial charge in [-0.05, 0) is 0 Å². The van der Waals surface area contributed by atoms with Gasteiger partial charge in [0.25, 0.3) is 0 Å². The minimum absolute atomic E-state index is 0. The van der Waals surface area contributed by atoms with Crippen LogP contribution in [0.4, 0.5) is 0 Å². The molecule has 3 nitrogen and oxygen atoms in total. The molecule has 3 heterocycles. The van der Waals surface area contributed by atoms with Crippen molar-refractivity contribution in [1.82, 2.24) is 9.97 Å². The Morgan fingerprint density at radius 2 is 1.32 bits per heavy atom. The third-order valence-electron chi connectivity index (χ3n) is 7.16. The fourth-order valence-corrected chi connectivity index (χ4v) is 7.33. The van der Waals surface area contributed by atoms with Crippen LogP contribution in [-0.4, -0.2) is 24.5 Å². The van der Waals surface area contributed by atoms with Crippen LogP contribution < -0.4 is 4.74 Å². The van der Waals surface area contributed by atoms with Crippen LogP contribution in [0.1, 0.15) is 52.7 Å². The molecule has 0 aliphatic rings. The molecule has 3 aromatic carbocycles. The molecule has 6 rings (SSSR count). The van der Waals surface area contributed by atoms with Crippen LogP contribution in [0, 0.1) is 12.1 Å². The number of aromatic nitrogens is 2. The molecule has 3 aromatic heterocycles. The van der Waals surface area contributed by atoms with Crippen molar-refractivity contribution in [3.63, 3.8) is 0 Å². The summed E-state index contributed by atoms with van der Waals surface area (Å²) in [4.78, 5) is 9.42. The van der Waals surface area contributed by atoms with E-state index in [1.807, 2.05) is 30.6 Å². The summed E-state index contributed by atoms with van der Waals surface area (Å²) < 4.78 is 9.16. The number of hydrogen-bond donors (Lipinski definition) is 0. The van der Waals surface area contributed by atoms with Crippen molar-refractivity contribution in [2.75, 3.05) is 0 Å². The second-order valence-corrected chi connectivity index (χ2v) is 14.4. The predicted molar refractivity (Wildman–Crippen MR) is 166 cm³/mol. The average Bonchev–Trinajstić information content (AvgIpc) is 3.31. The van der Waals surface area contributed by atoms with E-state index in [0.29, 0.717) is 11.5 Å². The summed E-state index contributed by atoms with van der Waals surface area (Å²) in [5.41, 5.74) is 6.29. The Kier molecular flexibility index (Phi) is 8.14. The minimum atomic E-state index is 0. The monoisotopic (exact) mass is 783 g/mol. The van der Waals surface area contributed by atoms with Crippen molar-refractivity contribution in [3.05, 3.63) is 108 Å². The van der Waals surface area contributed by atoms with E-state index in [1.54, 1.807) is 0 Å². The summed E-state index contributed by atoms with van der Waals surface area (Å²) >= 11 is 0.172. The van der Waals surface area contributed by atoms with E-state index in [4.69, 9.17) is 9.72 Å². The van der Waals surface area contributed by atoms with Gasteiger partial charge < -0.3 is 0 Å². The maximum Gasteiger partial charge on any atom is 2.00 e. The largest absolute Gasteiger partial charge is 2.00 e. The molecule has 0 amide bonds. The molecule has 0 spiro atoms. The van der Waals surface area contributed by atoms with E-state index < -0.39 is 0 Å². The van der Waals surface area contributed by atoms with Gasteiger partial charge in [0.05, 0.1) is 0 Å². The van der Waals surface area contributed by atoms with Gasteiger partial charge in [-0.25, -0.2) is 0 Å². The second-order valence-electron chi connectivity index (χ2n) is 12.2. The Labute approximate surface area is 263 Å². The first kappa shape index (κ1) is 29.5. The Balaban J connectivity index is 0.00000337.